The predicted molar refractivity (Wildman–Crippen MR) is 99.3 cm³/mol. The Bertz CT molecular complexity index is 745. The molecule has 2 unspecified atom stereocenters. The zero-order chi connectivity index (χ0) is 17.2. The monoisotopic (exact) mass is 357 g/mol. The lowest BCUT2D eigenvalue weighted by atomic mass is 9.92. The number of hydrogen-bond acceptors (Lipinski definition) is 6. The molecule has 0 N–H and O–H groups in total. The Balaban J connectivity index is 1.43. The Morgan fingerprint density at radius 1 is 1.08 bits per heavy atom. The largest absolute Gasteiger partial charge is 0.454 e. The van der Waals surface area contributed by atoms with Gasteiger partial charge in [-0.05, 0) is 36.0 Å². The van der Waals surface area contributed by atoms with Crippen LogP contribution in [-0.2, 0) is 5.75 Å². The molecule has 0 amide bonds. The van der Waals surface area contributed by atoms with E-state index in [1.54, 1.807) is 18.1 Å². The van der Waals surface area contributed by atoms with Gasteiger partial charge in [0, 0.05) is 24.9 Å². The van der Waals surface area contributed by atoms with Crippen LogP contribution in [0.5, 0.6) is 11.5 Å². The molecular weight excluding hydrogens is 334 g/mol. The maximum Gasteiger partial charge on any atom is 0.231 e. The standard InChI is InChI=1S/C19H23N3O2S/c1-13-5-14(2)9-22(8-13)18-7-19(21-11-20-18)25-10-15-3-4-16-17(6-15)24-12-23-16/h3-4,6-7,11,13-14H,5,8-10,12H2,1-2H3. The van der Waals surface area contributed by atoms with Crippen LogP contribution in [0.15, 0.2) is 35.6 Å². The van der Waals surface area contributed by atoms with Crippen LogP contribution >= 0.6 is 11.8 Å². The van der Waals surface area contributed by atoms with Crippen LogP contribution in [0, 0.1) is 11.8 Å². The molecule has 4 rings (SSSR count). The van der Waals surface area contributed by atoms with Gasteiger partial charge < -0.3 is 14.4 Å². The zero-order valence-electron chi connectivity index (χ0n) is 14.6. The van der Waals surface area contributed by atoms with Crippen molar-refractivity contribution in [3.05, 3.63) is 36.2 Å². The number of fused-ring (bicyclic) bond motifs is 1. The molecule has 1 aromatic carbocycles. The summed E-state index contributed by atoms with van der Waals surface area (Å²) in [6.07, 6.45) is 2.98. The third-order valence-electron chi connectivity index (χ3n) is 4.64. The second kappa shape index (κ2) is 7.12. The fourth-order valence-corrected chi connectivity index (χ4v) is 4.42. The van der Waals surface area contributed by atoms with E-state index < -0.39 is 0 Å². The summed E-state index contributed by atoms with van der Waals surface area (Å²) in [4.78, 5) is 11.3. The SMILES string of the molecule is CC1CC(C)CN(c2cc(SCc3ccc4c(c3)OCO4)ncn2)C1. The fraction of sp³-hybridized carbons (Fsp3) is 0.474. The van der Waals surface area contributed by atoms with Crippen molar-refractivity contribution in [1.29, 1.82) is 0 Å². The van der Waals surface area contributed by atoms with E-state index in [1.165, 1.54) is 12.0 Å². The molecule has 1 fully saturated rings. The van der Waals surface area contributed by atoms with Crippen LogP contribution in [0.4, 0.5) is 5.82 Å². The molecule has 6 heteroatoms. The lowest BCUT2D eigenvalue weighted by molar-refractivity contribution is 0.174. The molecule has 3 heterocycles. The molecule has 0 aliphatic carbocycles. The highest BCUT2D eigenvalue weighted by molar-refractivity contribution is 7.98. The van der Waals surface area contributed by atoms with Gasteiger partial charge in [-0.15, -0.1) is 11.8 Å². The highest BCUT2D eigenvalue weighted by Gasteiger charge is 2.23. The van der Waals surface area contributed by atoms with Crippen molar-refractivity contribution in [2.24, 2.45) is 11.8 Å². The summed E-state index contributed by atoms with van der Waals surface area (Å²) in [6.45, 7) is 7.10. The summed E-state index contributed by atoms with van der Waals surface area (Å²) in [5, 5.41) is 1.01. The smallest absolute Gasteiger partial charge is 0.231 e. The van der Waals surface area contributed by atoms with E-state index in [0.717, 1.165) is 41.2 Å². The van der Waals surface area contributed by atoms with Gasteiger partial charge in [0.1, 0.15) is 17.2 Å². The fourth-order valence-electron chi connectivity index (χ4n) is 3.62. The highest BCUT2D eigenvalue weighted by atomic mass is 32.2. The molecule has 1 saturated heterocycles. The number of thioether (sulfide) groups is 1. The average molecular weight is 357 g/mol. The Hall–Kier alpha value is -1.95. The number of ether oxygens (including phenoxy) is 2. The maximum absolute atomic E-state index is 5.45. The minimum atomic E-state index is 0.313. The van der Waals surface area contributed by atoms with E-state index in [1.807, 2.05) is 12.1 Å². The third-order valence-corrected chi connectivity index (χ3v) is 5.64. The van der Waals surface area contributed by atoms with Crippen LogP contribution in [-0.4, -0.2) is 29.9 Å². The molecule has 0 bridgehead atoms. The van der Waals surface area contributed by atoms with Crippen molar-refractivity contribution in [3.63, 3.8) is 0 Å². The lowest BCUT2D eigenvalue weighted by Crippen LogP contribution is -2.39. The van der Waals surface area contributed by atoms with E-state index in [4.69, 9.17) is 9.47 Å². The average Bonchev–Trinajstić information content (AvgIpc) is 3.07. The summed E-state index contributed by atoms with van der Waals surface area (Å²) >= 11 is 1.72. The Morgan fingerprint density at radius 3 is 2.72 bits per heavy atom. The van der Waals surface area contributed by atoms with Crippen LogP contribution < -0.4 is 14.4 Å². The third kappa shape index (κ3) is 3.84. The van der Waals surface area contributed by atoms with Gasteiger partial charge in [0.15, 0.2) is 11.5 Å². The topological polar surface area (TPSA) is 47.5 Å². The summed E-state index contributed by atoms with van der Waals surface area (Å²) < 4.78 is 10.8. The van der Waals surface area contributed by atoms with E-state index in [0.29, 0.717) is 18.6 Å². The highest BCUT2D eigenvalue weighted by Crippen LogP contribution is 2.34. The molecule has 2 aromatic rings. The maximum atomic E-state index is 5.45. The molecule has 0 saturated carbocycles. The van der Waals surface area contributed by atoms with Crippen LogP contribution in [0.3, 0.4) is 0 Å². The number of nitrogens with zero attached hydrogens (tertiary/aromatic N) is 3. The van der Waals surface area contributed by atoms with Gasteiger partial charge in [0.05, 0.1) is 0 Å². The van der Waals surface area contributed by atoms with Gasteiger partial charge in [0.25, 0.3) is 0 Å². The first-order chi connectivity index (χ1) is 12.2. The van der Waals surface area contributed by atoms with Gasteiger partial charge in [-0.25, -0.2) is 9.97 Å². The number of rotatable bonds is 4. The van der Waals surface area contributed by atoms with E-state index >= 15 is 0 Å². The van der Waals surface area contributed by atoms with Crippen molar-refractivity contribution < 1.29 is 9.47 Å². The molecule has 132 valence electrons. The summed E-state index contributed by atoms with van der Waals surface area (Å²) in [5.74, 6) is 4.97. The number of anilines is 1. The quantitative estimate of drug-likeness (QED) is 0.609. The Kier molecular flexibility index (Phi) is 4.70. The van der Waals surface area contributed by atoms with Crippen molar-refractivity contribution >= 4 is 17.6 Å². The molecule has 0 radical (unpaired) electrons. The van der Waals surface area contributed by atoms with Crippen LogP contribution in [0.1, 0.15) is 25.8 Å². The zero-order valence-corrected chi connectivity index (χ0v) is 15.5. The minimum Gasteiger partial charge on any atom is -0.454 e. The first-order valence-electron chi connectivity index (χ1n) is 8.75. The molecule has 2 atom stereocenters. The molecule has 1 aromatic heterocycles. The molecule has 5 nitrogen and oxygen atoms in total. The Labute approximate surface area is 152 Å². The van der Waals surface area contributed by atoms with Crippen molar-refractivity contribution in [3.8, 4) is 11.5 Å². The van der Waals surface area contributed by atoms with E-state index in [9.17, 15) is 0 Å². The van der Waals surface area contributed by atoms with Gasteiger partial charge in [-0.3, -0.25) is 0 Å². The van der Waals surface area contributed by atoms with Crippen LogP contribution in [0.2, 0.25) is 0 Å². The number of aromatic nitrogens is 2. The molecular formula is C19H23N3O2S. The van der Waals surface area contributed by atoms with Crippen LogP contribution in [0.25, 0.3) is 0 Å². The first kappa shape index (κ1) is 16.5. The van der Waals surface area contributed by atoms with Gasteiger partial charge in [-0.2, -0.15) is 0 Å². The molecule has 0 spiro atoms. The summed E-state index contributed by atoms with van der Waals surface area (Å²) in [5.41, 5.74) is 1.20. The molecule has 2 aliphatic rings. The van der Waals surface area contributed by atoms with E-state index in [-0.39, 0.29) is 0 Å². The Morgan fingerprint density at radius 2 is 1.88 bits per heavy atom. The van der Waals surface area contributed by atoms with Crippen molar-refractivity contribution in [2.45, 2.75) is 31.0 Å². The molecule has 25 heavy (non-hydrogen) atoms. The normalized spacial score (nSPS) is 22.2. The number of piperidine rings is 1. The predicted octanol–water partition coefficient (Wildman–Crippen LogP) is 3.98. The minimum absolute atomic E-state index is 0.313. The second-order valence-corrected chi connectivity index (χ2v) is 8.04. The van der Waals surface area contributed by atoms with Crippen molar-refractivity contribution in [1.82, 2.24) is 9.97 Å². The second-order valence-electron chi connectivity index (χ2n) is 7.04. The first-order valence-corrected chi connectivity index (χ1v) is 9.74. The van der Waals surface area contributed by atoms with Gasteiger partial charge in [0.2, 0.25) is 6.79 Å². The summed E-state index contributed by atoms with van der Waals surface area (Å²) in [7, 11) is 0. The lowest BCUT2D eigenvalue weighted by Gasteiger charge is -2.35. The number of hydrogen-bond donors (Lipinski definition) is 0. The number of benzene rings is 1. The van der Waals surface area contributed by atoms with Gasteiger partial charge in [-0.1, -0.05) is 19.9 Å². The van der Waals surface area contributed by atoms with E-state index in [2.05, 4.69) is 40.8 Å². The van der Waals surface area contributed by atoms with Crippen molar-refractivity contribution in [2.75, 3.05) is 24.8 Å². The molecule has 2 aliphatic heterocycles. The summed E-state index contributed by atoms with van der Waals surface area (Å²) in [6, 6.07) is 8.21. The van der Waals surface area contributed by atoms with Gasteiger partial charge >= 0.3 is 0 Å².